The maximum atomic E-state index is 6.28. The highest BCUT2D eigenvalue weighted by atomic mass is 35.5. The molecule has 0 aliphatic carbocycles. The Hall–Kier alpha value is -5.19. The van der Waals surface area contributed by atoms with Crippen molar-refractivity contribution < 1.29 is 0 Å². The maximum Gasteiger partial charge on any atom is 0.149 e. The lowest BCUT2D eigenvalue weighted by atomic mass is 10.0. The van der Waals surface area contributed by atoms with Crippen LogP contribution in [0.15, 0.2) is 152 Å². The number of imidazole rings is 1. The quantitative estimate of drug-likeness (QED) is 0.207. The van der Waals surface area contributed by atoms with Crippen molar-refractivity contribution in [2.45, 2.75) is 0 Å². The third-order valence-corrected chi connectivity index (χ3v) is 7.33. The Bertz CT molecular complexity index is 1910. The molecule has 5 aromatic carbocycles. The van der Waals surface area contributed by atoms with Crippen LogP contribution in [0.1, 0.15) is 0 Å². The number of hydrogen-bond acceptors (Lipinski definition) is 2. The fraction of sp³-hybridized carbons (Fsp3) is 0. The predicted octanol–water partition coefficient (Wildman–Crippen LogP) is 9.38. The van der Waals surface area contributed by atoms with E-state index in [0.717, 1.165) is 56.5 Å². The van der Waals surface area contributed by atoms with E-state index in [4.69, 9.17) is 21.7 Å². The molecule has 0 amide bonds. The highest BCUT2D eigenvalue weighted by Gasteiger charge is 2.26. The van der Waals surface area contributed by atoms with Gasteiger partial charge in [-0.15, -0.1) is 0 Å². The van der Waals surface area contributed by atoms with Gasteiger partial charge in [0.1, 0.15) is 11.5 Å². The Morgan fingerprint density at radius 2 is 1.00 bits per heavy atom. The molecular weight excluding hydrogens is 524 g/mol. The summed E-state index contributed by atoms with van der Waals surface area (Å²) in [5.41, 5.74) is 8.75. The molecule has 0 radical (unpaired) electrons. The highest BCUT2D eigenvalue weighted by Crippen LogP contribution is 2.41. The summed E-state index contributed by atoms with van der Waals surface area (Å²) in [7, 11) is 0. The second-order valence-electron chi connectivity index (χ2n) is 9.71. The second kappa shape index (κ2) is 10.8. The Morgan fingerprint density at radius 1 is 0.488 bits per heavy atom. The van der Waals surface area contributed by atoms with Gasteiger partial charge >= 0.3 is 0 Å². The van der Waals surface area contributed by atoms with Gasteiger partial charge in [0.15, 0.2) is 0 Å². The Morgan fingerprint density at radius 3 is 1.61 bits per heavy atom. The first-order chi connectivity index (χ1) is 20.3. The van der Waals surface area contributed by atoms with Gasteiger partial charge in [-0.1, -0.05) is 121 Å². The fourth-order valence-corrected chi connectivity index (χ4v) is 5.29. The number of para-hydroxylation sites is 2. The van der Waals surface area contributed by atoms with Crippen LogP contribution in [0.3, 0.4) is 0 Å². The molecule has 0 fully saturated rings. The van der Waals surface area contributed by atoms with Gasteiger partial charge in [-0.05, 0) is 36.4 Å². The molecule has 0 bridgehead atoms. The molecule has 0 saturated heterocycles. The molecule has 4 nitrogen and oxygen atoms in total. The summed E-state index contributed by atoms with van der Waals surface area (Å²) in [6, 6.07) is 49.2. The van der Waals surface area contributed by atoms with E-state index in [2.05, 4.69) is 95.7 Å². The van der Waals surface area contributed by atoms with Crippen molar-refractivity contribution in [2.24, 2.45) is 0 Å². The van der Waals surface area contributed by atoms with E-state index in [1.807, 2.05) is 65.3 Å². The molecule has 41 heavy (non-hydrogen) atoms. The summed E-state index contributed by atoms with van der Waals surface area (Å²) in [5.74, 6) is 0.807. The predicted molar refractivity (Wildman–Crippen MR) is 167 cm³/mol. The SMILES string of the molecule is Clc1ccc(-c2nn(-c3ccccc3)cc2-c2nc(-c3ccccc3)c(-c3ccccc3)n2-c2ccccc2)cc1. The first kappa shape index (κ1) is 24.8. The van der Waals surface area contributed by atoms with Gasteiger partial charge in [-0.3, -0.25) is 4.57 Å². The molecular formula is C36H25ClN4. The van der Waals surface area contributed by atoms with Crippen molar-refractivity contribution >= 4 is 11.6 Å². The Labute approximate surface area is 243 Å². The molecule has 196 valence electrons. The smallest absolute Gasteiger partial charge is 0.149 e. The first-order valence-electron chi connectivity index (χ1n) is 13.5. The van der Waals surface area contributed by atoms with E-state index >= 15 is 0 Å². The largest absolute Gasteiger partial charge is 0.292 e. The van der Waals surface area contributed by atoms with Gasteiger partial charge in [-0.25, -0.2) is 9.67 Å². The molecule has 0 aliphatic rings. The van der Waals surface area contributed by atoms with E-state index in [1.54, 1.807) is 0 Å². The second-order valence-corrected chi connectivity index (χ2v) is 10.2. The molecule has 2 heterocycles. The summed E-state index contributed by atoms with van der Waals surface area (Å²) in [5, 5.41) is 5.78. The number of nitrogens with zero attached hydrogens (tertiary/aromatic N) is 4. The maximum absolute atomic E-state index is 6.28. The van der Waals surface area contributed by atoms with E-state index in [9.17, 15) is 0 Å². The molecule has 7 aromatic rings. The lowest BCUT2D eigenvalue weighted by Crippen LogP contribution is -2.00. The lowest BCUT2D eigenvalue weighted by molar-refractivity contribution is 0.884. The summed E-state index contributed by atoms with van der Waals surface area (Å²) in [6.45, 7) is 0. The van der Waals surface area contributed by atoms with Crippen LogP contribution in [-0.2, 0) is 0 Å². The normalized spacial score (nSPS) is 11.0. The molecule has 0 atom stereocenters. The summed E-state index contributed by atoms with van der Waals surface area (Å²) in [6.07, 6.45) is 2.07. The van der Waals surface area contributed by atoms with Gasteiger partial charge in [0.2, 0.25) is 0 Å². The number of hydrogen-bond donors (Lipinski definition) is 0. The highest BCUT2D eigenvalue weighted by molar-refractivity contribution is 6.30. The van der Waals surface area contributed by atoms with Crippen LogP contribution in [-0.4, -0.2) is 19.3 Å². The molecule has 0 spiro atoms. The van der Waals surface area contributed by atoms with E-state index in [0.29, 0.717) is 5.02 Å². The van der Waals surface area contributed by atoms with Crippen LogP contribution in [0.25, 0.3) is 56.5 Å². The monoisotopic (exact) mass is 548 g/mol. The van der Waals surface area contributed by atoms with Crippen molar-refractivity contribution in [2.75, 3.05) is 0 Å². The summed E-state index contributed by atoms with van der Waals surface area (Å²) >= 11 is 6.28. The van der Waals surface area contributed by atoms with Crippen LogP contribution in [0.5, 0.6) is 0 Å². The number of halogens is 1. The average molecular weight is 549 g/mol. The van der Waals surface area contributed by atoms with Crippen molar-refractivity contribution in [3.63, 3.8) is 0 Å². The zero-order valence-electron chi connectivity index (χ0n) is 22.1. The Kier molecular flexibility index (Phi) is 6.51. The van der Waals surface area contributed by atoms with Crippen LogP contribution < -0.4 is 0 Å². The molecule has 0 unspecified atom stereocenters. The Balaban J connectivity index is 1.58. The minimum Gasteiger partial charge on any atom is -0.292 e. The fourth-order valence-electron chi connectivity index (χ4n) is 5.16. The van der Waals surface area contributed by atoms with Crippen molar-refractivity contribution in [3.8, 4) is 56.5 Å². The molecule has 5 heteroatoms. The first-order valence-corrected chi connectivity index (χ1v) is 13.8. The van der Waals surface area contributed by atoms with E-state index in [1.165, 1.54) is 0 Å². The number of rotatable bonds is 6. The van der Waals surface area contributed by atoms with Gasteiger partial charge in [-0.2, -0.15) is 5.10 Å². The van der Waals surface area contributed by atoms with E-state index in [-0.39, 0.29) is 0 Å². The van der Waals surface area contributed by atoms with E-state index < -0.39 is 0 Å². The standard InChI is InChI=1S/C36H25ClN4/c37-29-23-21-27(22-24-29)33-32(25-40(39-33)30-17-9-3-10-18-30)36-38-34(26-13-5-1-6-14-26)35(28-15-7-2-8-16-28)41(36)31-19-11-4-12-20-31/h1-25H. The van der Waals surface area contributed by atoms with Crippen LogP contribution in [0, 0.1) is 0 Å². The number of benzene rings is 5. The van der Waals surface area contributed by atoms with Gasteiger partial charge in [0.25, 0.3) is 0 Å². The molecule has 0 N–H and O–H groups in total. The molecule has 0 aliphatic heterocycles. The van der Waals surface area contributed by atoms with Crippen molar-refractivity contribution in [3.05, 3.63) is 157 Å². The topological polar surface area (TPSA) is 35.6 Å². The molecule has 7 rings (SSSR count). The van der Waals surface area contributed by atoms with Crippen molar-refractivity contribution in [1.82, 2.24) is 19.3 Å². The number of aromatic nitrogens is 4. The minimum atomic E-state index is 0.682. The summed E-state index contributed by atoms with van der Waals surface area (Å²) in [4.78, 5) is 5.40. The van der Waals surface area contributed by atoms with Crippen molar-refractivity contribution in [1.29, 1.82) is 0 Å². The third-order valence-electron chi connectivity index (χ3n) is 7.08. The van der Waals surface area contributed by atoms with Gasteiger partial charge < -0.3 is 0 Å². The zero-order chi connectivity index (χ0) is 27.6. The van der Waals surface area contributed by atoms with Gasteiger partial charge in [0.05, 0.1) is 22.6 Å². The zero-order valence-corrected chi connectivity index (χ0v) is 22.9. The minimum absolute atomic E-state index is 0.682. The molecule has 2 aromatic heterocycles. The lowest BCUT2D eigenvalue weighted by Gasteiger charge is -2.13. The van der Waals surface area contributed by atoms with Gasteiger partial charge in [0, 0.05) is 33.6 Å². The average Bonchev–Trinajstić information content (AvgIpc) is 3.66. The van der Waals surface area contributed by atoms with Crippen LogP contribution in [0.2, 0.25) is 5.02 Å². The van der Waals surface area contributed by atoms with Crippen LogP contribution in [0.4, 0.5) is 0 Å². The third kappa shape index (κ3) is 4.75. The summed E-state index contributed by atoms with van der Waals surface area (Å²) < 4.78 is 4.18. The van der Waals surface area contributed by atoms with Crippen LogP contribution >= 0.6 is 11.6 Å². The molecule has 0 saturated carbocycles.